The number of likely N-dealkylation sites (N-methyl/N-ethyl adjacent to an activating group) is 1. The molecule has 0 aliphatic carbocycles. The molecule has 1 fully saturated rings. The summed E-state index contributed by atoms with van der Waals surface area (Å²) in [5, 5.41) is 0. The number of hydrogen-bond acceptors (Lipinski definition) is 6. The van der Waals surface area contributed by atoms with Crippen LogP contribution in [0.15, 0.2) is 12.7 Å². The summed E-state index contributed by atoms with van der Waals surface area (Å²) in [4.78, 5) is 32.0. The summed E-state index contributed by atoms with van der Waals surface area (Å²) in [6, 6.07) is 0.136. The molecule has 2 aromatic rings. The summed E-state index contributed by atoms with van der Waals surface area (Å²) < 4.78 is 0. The van der Waals surface area contributed by atoms with Crippen LogP contribution < -0.4 is 10.6 Å². The Morgan fingerprint density at radius 2 is 2.16 bits per heavy atom. The molecule has 1 aliphatic heterocycles. The zero-order valence-electron chi connectivity index (χ0n) is 14.4. The van der Waals surface area contributed by atoms with Gasteiger partial charge in [0.15, 0.2) is 11.5 Å². The van der Waals surface area contributed by atoms with Crippen molar-refractivity contribution in [3.05, 3.63) is 12.7 Å². The van der Waals surface area contributed by atoms with Crippen molar-refractivity contribution in [1.29, 1.82) is 0 Å². The largest absolute Gasteiger partial charge is 0.348 e. The molecule has 1 saturated heterocycles. The van der Waals surface area contributed by atoms with Gasteiger partial charge in [0.2, 0.25) is 5.91 Å². The van der Waals surface area contributed by atoms with Crippen molar-refractivity contribution in [1.82, 2.24) is 24.8 Å². The Bertz CT molecular complexity index is 695. The van der Waals surface area contributed by atoms with Gasteiger partial charge in [-0.15, -0.1) is 24.8 Å². The highest BCUT2D eigenvalue weighted by Gasteiger charge is 2.29. The SMILES string of the molecule is CC1CCN(C(=O)CN(C)c2ncnc3nc[nH]c23)C(CN)C1.Cl.Cl. The molecule has 0 bridgehead atoms. The summed E-state index contributed by atoms with van der Waals surface area (Å²) in [5.41, 5.74) is 7.19. The van der Waals surface area contributed by atoms with E-state index >= 15 is 0 Å². The third-order valence-electron chi connectivity index (χ3n) is 4.51. The van der Waals surface area contributed by atoms with Gasteiger partial charge in [-0.25, -0.2) is 15.0 Å². The Balaban J connectivity index is 0.00000156. The number of carbonyl (C=O) groups is 1. The molecule has 1 aliphatic rings. The van der Waals surface area contributed by atoms with E-state index in [4.69, 9.17) is 5.73 Å². The number of fused-ring (bicyclic) bond motifs is 1. The maximum atomic E-state index is 12.7. The number of H-pyrrole nitrogens is 1. The lowest BCUT2D eigenvalue weighted by molar-refractivity contribution is -0.133. The normalized spacial score (nSPS) is 19.9. The summed E-state index contributed by atoms with van der Waals surface area (Å²) in [7, 11) is 1.85. The predicted octanol–water partition coefficient (Wildman–Crippen LogP) is 1.22. The number of piperidine rings is 1. The fraction of sp³-hybridized carbons (Fsp3) is 0.600. The maximum Gasteiger partial charge on any atom is 0.242 e. The van der Waals surface area contributed by atoms with Crippen LogP contribution in [0.4, 0.5) is 5.82 Å². The van der Waals surface area contributed by atoms with Crippen LogP contribution in [0.1, 0.15) is 19.8 Å². The number of aromatic amines is 1. The van der Waals surface area contributed by atoms with Gasteiger partial charge >= 0.3 is 0 Å². The van der Waals surface area contributed by atoms with Crippen LogP contribution in [0.5, 0.6) is 0 Å². The fourth-order valence-electron chi connectivity index (χ4n) is 3.21. The third kappa shape index (κ3) is 4.50. The van der Waals surface area contributed by atoms with Crippen molar-refractivity contribution in [2.24, 2.45) is 11.7 Å². The van der Waals surface area contributed by atoms with Crippen molar-refractivity contribution in [3.8, 4) is 0 Å². The van der Waals surface area contributed by atoms with Gasteiger partial charge in [-0.2, -0.15) is 0 Å². The molecule has 2 aromatic heterocycles. The molecule has 2 atom stereocenters. The maximum absolute atomic E-state index is 12.7. The zero-order chi connectivity index (χ0) is 16.4. The number of nitrogens with two attached hydrogens (primary N) is 1. The van der Waals surface area contributed by atoms with Gasteiger partial charge in [-0.3, -0.25) is 4.79 Å². The van der Waals surface area contributed by atoms with Gasteiger partial charge in [0.25, 0.3) is 0 Å². The van der Waals surface area contributed by atoms with E-state index in [0.717, 1.165) is 24.9 Å². The number of halogens is 2. The molecule has 140 valence electrons. The number of amides is 1. The number of likely N-dealkylation sites (tertiary alicyclic amines) is 1. The average Bonchev–Trinajstić information content (AvgIpc) is 3.02. The molecule has 0 spiro atoms. The first-order chi connectivity index (χ1) is 11.1. The molecule has 8 nitrogen and oxygen atoms in total. The van der Waals surface area contributed by atoms with Crippen molar-refractivity contribution in [2.45, 2.75) is 25.8 Å². The predicted molar refractivity (Wildman–Crippen MR) is 102 cm³/mol. The number of nitrogens with zero attached hydrogens (tertiary/aromatic N) is 5. The molecule has 0 radical (unpaired) electrons. The van der Waals surface area contributed by atoms with Crippen molar-refractivity contribution >= 4 is 47.7 Å². The van der Waals surface area contributed by atoms with E-state index in [1.807, 2.05) is 16.8 Å². The highest BCUT2D eigenvalue weighted by Crippen LogP contribution is 2.23. The Morgan fingerprint density at radius 1 is 1.40 bits per heavy atom. The quantitative estimate of drug-likeness (QED) is 0.814. The molecule has 3 rings (SSSR count). The molecular formula is C15H25Cl2N7O. The number of aromatic nitrogens is 4. The average molecular weight is 390 g/mol. The molecular weight excluding hydrogens is 365 g/mol. The molecule has 2 unspecified atom stereocenters. The molecule has 3 heterocycles. The summed E-state index contributed by atoms with van der Waals surface area (Å²) in [6.45, 7) is 3.76. The second kappa shape index (κ2) is 9.17. The van der Waals surface area contributed by atoms with Crippen LogP contribution in [-0.4, -0.2) is 63.5 Å². The lowest BCUT2D eigenvalue weighted by Gasteiger charge is -2.38. The first kappa shape index (κ1) is 21.4. The van der Waals surface area contributed by atoms with E-state index in [2.05, 4.69) is 26.9 Å². The minimum Gasteiger partial charge on any atom is -0.348 e. The topological polar surface area (TPSA) is 104 Å². The third-order valence-corrected chi connectivity index (χ3v) is 4.51. The highest BCUT2D eigenvalue weighted by atomic mass is 35.5. The lowest BCUT2D eigenvalue weighted by atomic mass is 9.92. The Hall–Kier alpha value is -1.64. The number of anilines is 1. The smallest absolute Gasteiger partial charge is 0.242 e. The molecule has 0 aromatic carbocycles. The van der Waals surface area contributed by atoms with E-state index in [-0.39, 0.29) is 43.3 Å². The van der Waals surface area contributed by atoms with Crippen LogP contribution in [-0.2, 0) is 4.79 Å². The van der Waals surface area contributed by atoms with Crippen LogP contribution in [0.2, 0.25) is 0 Å². The zero-order valence-corrected chi connectivity index (χ0v) is 16.0. The van der Waals surface area contributed by atoms with Crippen LogP contribution >= 0.6 is 24.8 Å². The Labute approximate surface area is 159 Å². The Kier molecular flexibility index (Phi) is 7.85. The summed E-state index contributed by atoms with van der Waals surface area (Å²) in [6.07, 6.45) is 5.05. The van der Waals surface area contributed by atoms with Gasteiger partial charge < -0.3 is 20.5 Å². The molecule has 10 heteroatoms. The number of nitrogens with one attached hydrogen (secondary N) is 1. The van der Waals surface area contributed by atoms with E-state index < -0.39 is 0 Å². The van der Waals surface area contributed by atoms with E-state index in [1.165, 1.54) is 6.33 Å². The van der Waals surface area contributed by atoms with Crippen LogP contribution in [0, 0.1) is 5.92 Å². The number of imidazole rings is 1. The highest BCUT2D eigenvalue weighted by molar-refractivity contribution is 5.87. The second-order valence-electron chi connectivity index (χ2n) is 6.26. The van der Waals surface area contributed by atoms with Gasteiger partial charge in [-0.05, 0) is 18.8 Å². The molecule has 1 amide bonds. The minimum absolute atomic E-state index is 0. The number of carbonyl (C=O) groups excluding carboxylic acids is 1. The minimum atomic E-state index is 0. The fourth-order valence-corrected chi connectivity index (χ4v) is 3.21. The van der Waals surface area contributed by atoms with Gasteiger partial charge in [0.05, 0.1) is 12.9 Å². The lowest BCUT2D eigenvalue weighted by Crippen LogP contribution is -2.51. The molecule has 0 saturated carbocycles. The first-order valence-electron chi connectivity index (χ1n) is 7.95. The van der Waals surface area contributed by atoms with Crippen molar-refractivity contribution < 1.29 is 4.79 Å². The van der Waals surface area contributed by atoms with Crippen LogP contribution in [0.3, 0.4) is 0 Å². The molecule has 3 N–H and O–H groups in total. The van der Waals surface area contributed by atoms with E-state index in [0.29, 0.717) is 23.9 Å². The van der Waals surface area contributed by atoms with Gasteiger partial charge in [0, 0.05) is 26.2 Å². The monoisotopic (exact) mass is 389 g/mol. The van der Waals surface area contributed by atoms with Gasteiger partial charge in [0.1, 0.15) is 11.8 Å². The number of rotatable bonds is 4. The summed E-state index contributed by atoms with van der Waals surface area (Å²) in [5.74, 6) is 1.38. The summed E-state index contributed by atoms with van der Waals surface area (Å²) >= 11 is 0. The van der Waals surface area contributed by atoms with E-state index in [9.17, 15) is 4.79 Å². The first-order valence-corrected chi connectivity index (χ1v) is 7.95. The van der Waals surface area contributed by atoms with Crippen LogP contribution in [0.25, 0.3) is 11.2 Å². The number of hydrogen-bond donors (Lipinski definition) is 2. The Morgan fingerprint density at radius 3 is 2.88 bits per heavy atom. The van der Waals surface area contributed by atoms with Crippen molar-refractivity contribution in [3.63, 3.8) is 0 Å². The van der Waals surface area contributed by atoms with E-state index in [1.54, 1.807) is 6.33 Å². The molecule has 25 heavy (non-hydrogen) atoms. The van der Waals surface area contributed by atoms with Gasteiger partial charge in [-0.1, -0.05) is 6.92 Å². The second-order valence-corrected chi connectivity index (χ2v) is 6.26. The standard InChI is InChI=1S/C15H23N7O.2ClH/c1-10-3-4-22(11(5-10)6-16)12(23)7-21(2)15-13-14(18-8-17-13)19-9-20-15;;/h8-11H,3-7,16H2,1-2H3,(H,17,18,19,20);2*1H. The van der Waals surface area contributed by atoms with Crippen molar-refractivity contribution in [2.75, 3.05) is 31.6 Å².